The van der Waals surface area contributed by atoms with Crippen molar-refractivity contribution in [1.29, 1.82) is 0 Å². The summed E-state index contributed by atoms with van der Waals surface area (Å²) < 4.78 is 0. The predicted octanol–water partition coefficient (Wildman–Crippen LogP) is 0.332. The fourth-order valence-corrected chi connectivity index (χ4v) is 3.03. The van der Waals surface area contributed by atoms with Crippen molar-refractivity contribution < 1.29 is 38.1 Å². The van der Waals surface area contributed by atoms with Crippen LogP contribution in [0.25, 0.3) is 0 Å². The minimum Gasteiger partial charge on any atom is -0.506 e. The van der Waals surface area contributed by atoms with Gasteiger partial charge in [0.2, 0.25) is 0 Å². The molecule has 28 heavy (non-hydrogen) atoms. The summed E-state index contributed by atoms with van der Waals surface area (Å²) in [5.41, 5.74) is 2.03. The van der Waals surface area contributed by atoms with Gasteiger partial charge in [0.25, 0.3) is 0 Å². The quantitative estimate of drug-likeness (QED) is 0.405. The molecule has 4 N–H and O–H groups in total. The Kier molecular flexibility index (Phi) is 12.1. The number of hydrogen-bond donors (Lipinski definition) is 2. The van der Waals surface area contributed by atoms with Crippen LogP contribution in [0.5, 0.6) is 0 Å². The molecule has 0 amide bonds. The molecule has 1 aromatic rings. The molecule has 0 aromatic carbocycles. The summed E-state index contributed by atoms with van der Waals surface area (Å²) in [4.78, 5) is 13.1. The first-order valence-electron chi connectivity index (χ1n) is 8.61. The van der Waals surface area contributed by atoms with Crippen LogP contribution in [0, 0.1) is 14.1 Å². The molecule has 0 bridgehead atoms. The van der Waals surface area contributed by atoms with E-state index in [0.29, 0.717) is 19.6 Å². The Morgan fingerprint density at radius 1 is 0.929 bits per heavy atom. The Labute approximate surface area is 183 Å². The van der Waals surface area contributed by atoms with E-state index in [1.165, 1.54) is 0 Å². The third-order valence-corrected chi connectivity index (χ3v) is 4.43. The second kappa shape index (κ2) is 12.8. The zero-order valence-electron chi connectivity index (χ0n) is 16.4. The SMILES string of the molecule is CC1N(CCO)C=CN1Cc1cccc(CN2C=CN(CCO)[CH-]2)n1.O.[Ag].[CH3-]. The van der Waals surface area contributed by atoms with Crippen molar-refractivity contribution in [3.63, 3.8) is 0 Å². The number of aliphatic hydroxyl groups is 2. The maximum atomic E-state index is 9.11. The van der Waals surface area contributed by atoms with Crippen LogP contribution in [0.1, 0.15) is 18.3 Å². The maximum Gasteiger partial charge on any atom is 0.0982 e. The van der Waals surface area contributed by atoms with Crippen LogP contribution in [0.3, 0.4) is 0 Å². The zero-order valence-corrected chi connectivity index (χ0v) is 17.9. The monoisotopic (exact) mass is 484 g/mol. The first-order chi connectivity index (χ1) is 12.2. The fraction of sp³-hybridized carbons (Fsp3) is 0.421. The number of nitrogens with zero attached hydrogens (tertiary/aromatic N) is 5. The molecule has 3 heterocycles. The average molecular weight is 485 g/mol. The summed E-state index contributed by atoms with van der Waals surface area (Å²) in [5.74, 6) is 0. The van der Waals surface area contributed by atoms with E-state index < -0.39 is 0 Å². The van der Waals surface area contributed by atoms with Crippen molar-refractivity contribution in [2.75, 3.05) is 26.3 Å². The minimum absolute atomic E-state index is 0. The molecule has 9 heteroatoms. The van der Waals surface area contributed by atoms with E-state index in [1.807, 2.05) is 48.4 Å². The Morgan fingerprint density at radius 3 is 2.21 bits per heavy atom. The van der Waals surface area contributed by atoms with Crippen molar-refractivity contribution >= 4 is 0 Å². The molecule has 163 valence electrons. The number of aromatic nitrogens is 1. The summed E-state index contributed by atoms with van der Waals surface area (Å²) in [6, 6.07) is 6.11. The molecule has 2 aliphatic rings. The van der Waals surface area contributed by atoms with Gasteiger partial charge in [-0.15, -0.1) is 0 Å². The van der Waals surface area contributed by atoms with Gasteiger partial charge >= 0.3 is 0 Å². The molecule has 2 aliphatic heterocycles. The predicted molar refractivity (Wildman–Crippen MR) is 105 cm³/mol. The normalized spacial score (nSPS) is 17.5. The molecular weight excluding hydrogens is 454 g/mol. The second-order valence-electron chi connectivity index (χ2n) is 6.23. The van der Waals surface area contributed by atoms with Gasteiger partial charge in [0.15, 0.2) is 0 Å². The number of β-amino-alcohol motifs (C(OH)–C–C–N with tert-alkyl or cyclic N) is 2. The topological polar surface area (TPSA) is 97.8 Å². The molecule has 0 saturated carbocycles. The van der Waals surface area contributed by atoms with E-state index in [0.717, 1.165) is 17.9 Å². The Morgan fingerprint density at radius 2 is 1.54 bits per heavy atom. The fourth-order valence-electron chi connectivity index (χ4n) is 3.03. The van der Waals surface area contributed by atoms with Gasteiger partial charge < -0.3 is 42.7 Å². The third-order valence-electron chi connectivity index (χ3n) is 4.43. The van der Waals surface area contributed by atoms with Crippen molar-refractivity contribution in [2.45, 2.75) is 26.2 Å². The number of pyridine rings is 1. The van der Waals surface area contributed by atoms with Gasteiger partial charge in [0, 0.05) is 54.4 Å². The Balaban J connectivity index is 0.00000243. The van der Waals surface area contributed by atoms with Crippen molar-refractivity contribution in [3.05, 3.63) is 68.5 Å². The van der Waals surface area contributed by atoms with Gasteiger partial charge in [-0.2, -0.15) is 6.67 Å². The van der Waals surface area contributed by atoms with E-state index in [1.54, 1.807) is 0 Å². The summed E-state index contributed by atoms with van der Waals surface area (Å²) in [6.45, 7) is 7.08. The van der Waals surface area contributed by atoms with Crippen molar-refractivity contribution in [1.82, 2.24) is 24.6 Å². The van der Waals surface area contributed by atoms with Gasteiger partial charge in [-0.1, -0.05) is 6.07 Å². The van der Waals surface area contributed by atoms with Crippen LogP contribution < -0.4 is 0 Å². The zero-order chi connectivity index (χ0) is 17.6. The third kappa shape index (κ3) is 6.81. The first-order valence-corrected chi connectivity index (χ1v) is 8.61. The average Bonchev–Trinajstić information content (AvgIpc) is 3.17. The van der Waals surface area contributed by atoms with Crippen LogP contribution in [-0.4, -0.2) is 72.7 Å². The molecule has 8 nitrogen and oxygen atoms in total. The minimum atomic E-state index is 0. The number of rotatable bonds is 8. The van der Waals surface area contributed by atoms with Crippen LogP contribution in [0.4, 0.5) is 0 Å². The molecule has 1 atom stereocenters. The summed E-state index contributed by atoms with van der Waals surface area (Å²) >= 11 is 0. The van der Waals surface area contributed by atoms with Crippen molar-refractivity contribution in [3.8, 4) is 0 Å². The first kappa shape index (κ1) is 26.5. The Bertz CT molecular complexity index is 631. The van der Waals surface area contributed by atoms with Gasteiger partial charge in [-0.05, 0) is 31.5 Å². The summed E-state index contributed by atoms with van der Waals surface area (Å²) in [7, 11) is 0. The van der Waals surface area contributed by atoms with E-state index in [-0.39, 0.29) is 54.7 Å². The molecule has 1 aromatic heterocycles. The van der Waals surface area contributed by atoms with E-state index in [4.69, 9.17) is 15.2 Å². The smallest absolute Gasteiger partial charge is 0.0982 e. The van der Waals surface area contributed by atoms with Gasteiger partial charge in [0.05, 0.1) is 37.3 Å². The van der Waals surface area contributed by atoms with E-state index in [2.05, 4.69) is 27.8 Å². The molecule has 1 unspecified atom stereocenters. The van der Waals surface area contributed by atoms with Crippen LogP contribution in [-0.2, 0) is 35.5 Å². The number of aliphatic hydroxyl groups excluding tert-OH is 2. The number of hydrogen-bond acceptors (Lipinski definition) is 7. The standard InChI is InChI=1S/C18H26N5O2.CH3.Ag.H2O/c1-16-22(10-12-25)7-8-23(16)14-18-4-2-3-17(19-18)13-21-6-5-20(15-21)9-11-24;;;/h2-8,15-16,24-25H,9-14H2,1H3;1H3;;1H2/q2*-1;;. The summed E-state index contributed by atoms with van der Waals surface area (Å²) in [6.07, 6.45) is 8.23. The van der Waals surface area contributed by atoms with Gasteiger partial charge in [-0.3, -0.25) is 4.98 Å². The molecular formula is C19H31AgN5O3-2. The van der Waals surface area contributed by atoms with Gasteiger partial charge in [0.1, 0.15) is 0 Å². The molecule has 0 saturated heterocycles. The molecule has 1 radical (unpaired) electrons. The van der Waals surface area contributed by atoms with Crippen LogP contribution >= 0.6 is 0 Å². The van der Waals surface area contributed by atoms with Crippen LogP contribution in [0.2, 0.25) is 0 Å². The molecule has 3 rings (SSSR count). The largest absolute Gasteiger partial charge is 0.506 e. The molecule has 0 fully saturated rings. The van der Waals surface area contributed by atoms with Gasteiger partial charge in [-0.25, -0.2) is 0 Å². The maximum absolute atomic E-state index is 9.11. The van der Waals surface area contributed by atoms with E-state index in [9.17, 15) is 0 Å². The van der Waals surface area contributed by atoms with E-state index >= 15 is 0 Å². The molecule has 0 aliphatic carbocycles. The van der Waals surface area contributed by atoms with Crippen LogP contribution in [0.15, 0.2) is 43.0 Å². The Hall–Kier alpha value is -1.55. The summed E-state index contributed by atoms with van der Waals surface area (Å²) in [5, 5.41) is 18.1. The molecule has 0 spiro atoms. The second-order valence-corrected chi connectivity index (χ2v) is 6.23. The van der Waals surface area contributed by atoms with Crippen molar-refractivity contribution in [2.24, 2.45) is 0 Å².